The van der Waals surface area contributed by atoms with E-state index in [1.807, 2.05) is 6.92 Å². The van der Waals surface area contributed by atoms with Crippen molar-refractivity contribution in [3.63, 3.8) is 0 Å². The van der Waals surface area contributed by atoms with Crippen molar-refractivity contribution in [3.05, 3.63) is 44.5 Å². The van der Waals surface area contributed by atoms with Crippen LogP contribution in [0.3, 0.4) is 0 Å². The summed E-state index contributed by atoms with van der Waals surface area (Å²) in [7, 11) is 0. The van der Waals surface area contributed by atoms with Gasteiger partial charge in [0, 0.05) is 17.7 Å². The van der Waals surface area contributed by atoms with Gasteiger partial charge in [0.15, 0.2) is 5.82 Å². The summed E-state index contributed by atoms with van der Waals surface area (Å²) < 4.78 is 13.4. The molecular formula is C14H13Cl3FN3. The summed E-state index contributed by atoms with van der Waals surface area (Å²) in [6.45, 7) is 3.83. The van der Waals surface area contributed by atoms with Crippen molar-refractivity contribution in [3.8, 4) is 0 Å². The van der Waals surface area contributed by atoms with E-state index in [1.165, 1.54) is 12.1 Å². The summed E-state index contributed by atoms with van der Waals surface area (Å²) >= 11 is 17.7. The smallest absolute Gasteiger partial charge is 0.160 e. The van der Waals surface area contributed by atoms with Crippen LogP contribution < -0.4 is 5.32 Å². The second kappa shape index (κ2) is 6.77. The quantitative estimate of drug-likeness (QED) is 0.579. The first kappa shape index (κ1) is 16.3. The Labute approximate surface area is 137 Å². The molecule has 1 aromatic heterocycles. The third-order valence-electron chi connectivity index (χ3n) is 2.85. The molecule has 0 unspecified atom stereocenters. The summed E-state index contributed by atoms with van der Waals surface area (Å²) in [6, 6.07) is 2.88. The highest BCUT2D eigenvalue weighted by molar-refractivity contribution is 6.35. The molecule has 1 heterocycles. The molecule has 0 bridgehead atoms. The van der Waals surface area contributed by atoms with Gasteiger partial charge in [0.2, 0.25) is 0 Å². The van der Waals surface area contributed by atoms with E-state index in [-0.39, 0.29) is 10.0 Å². The topological polar surface area (TPSA) is 37.8 Å². The molecule has 1 aromatic carbocycles. The van der Waals surface area contributed by atoms with Gasteiger partial charge in [-0.3, -0.25) is 0 Å². The minimum Gasteiger partial charge on any atom is -0.340 e. The van der Waals surface area contributed by atoms with Crippen molar-refractivity contribution >= 4 is 46.3 Å². The van der Waals surface area contributed by atoms with E-state index in [1.54, 1.807) is 6.92 Å². The van der Waals surface area contributed by atoms with Gasteiger partial charge >= 0.3 is 0 Å². The first-order chi connectivity index (χ1) is 9.92. The number of hydrogen-bond donors (Lipinski definition) is 1. The van der Waals surface area contributed by atoms with Crippen LogP contribution in [0.4, 0.5) is 15.9 Å². The molecule has 0 radical (unpaired) electrons. The van der Waals surface area contributed by atoms with Crippen LogP contribution in [-0.2, 0) is 6.42 Å². The molecule has 0 amide bonds. The molecule has 2 rings (SSSR count). The lowest BCUT2D eigenvalue weighted by atomic mass is 10.2. The zero-order valence-electron chi connectivity index (χ0n) is 11.5. The average molecular weight is 349 g/mol. The Hall–Kier alpha value is -1.10. The second-order valence-corrected chi connectivity index (χ2v) is 5.71. The summed E-state index contributed by atoms with van der Waals surface area (Å²) in [5, 5.41) is 3.32. The van der Waals surface area contributed by atoms with E-state index in [4.69, 9.17) is 34.8 Å². The minimum absolute atomic E-state index is 0.0587. The number of aromatic nitrogens is 2. The zero-order valence-corrected chi connectivity index (χ0v) is 13.7. The van der Waals surface area contributed by atoms with Gasteiger partial charge in [-0.05, 0) is 25.5 Å². The maximum atomic E-state index is 13.4. The number of hydrogen-bond acceptors (Lipinski definition) is 3. The molecule has 0 saturated heterocycles. The van der Waals surface area contributed by atoms with Crippen LogP contribution >= 0.6 is 34.8 Å². The van der Waals surface area contributed by atoms with Crippen molar-refractivity contribution in [2.45, 2.75) is 26.7 Å². The van der Waals surface area contributed by atoms with Gasteiger partial charge in [0.1, 0.15) is 16.8 Å². The Balaban J connectivity index is 2.39. The van der Waals surface area contributed by atoms with Crippen LogP contribution in [0.25, 0.3) is 0 Å². The molecular weight excluding hydrogens is 336 g/mol. The molecule has 21 heavy (non-hydrogen) atoms. The van der Waals surface area contributed by atoms with Crippen molar-refractivity contribution in [2.75, 3.05) is 5.32 Å². The lowest BCUT2D eigenvalue weighted by Crippen LogP contribution is -2.04. The van der Waals surface area contributed by atoms with Gasteiger partial charge in [0.25, 0.3) is 0 Å². The normalized spacial score (nSPS) is 10.8. The number of benzene rings is 1. The predicted molar refractivity (Wildman–Crippen MR) is 85.5 cm³/mol. The first-order valence-electron chi connectivity index (χ1n) is 6.37. The molecule has 0 saturated carbocycles. The number of aryl methyl sites for hydroxylation is 1. The van der Waals surface area contributed by atoms with E-state index in [9.17, 15) is 4.39 Å². The Morgan fingerprint density at radius 3 is 2.33 bits per heavy atom. The summed E-state index contributed by atoms with van der Waals surface area (Å²) in [6.07, 6.45) is 1.63. The van der Waals surface area contributed by atoms with E-state index >= 15 is 0 Å². The molecule has 1 N–H and O–H groups in total. The standard InChI is InChI=1S/C14H13Cl3FN3/c1-3-4-11-20-13(17)7(2)14(21-11)19-8-5-9(15)12(18)10(16)6-8/h5-6H,3-4H2,1-2H3,(H,19,20,21). The monoisotopic (exact) mass is 347 g/mol. The maximum absolute atomic E-state index is 13.4. The average Bonchev–Trinajstić information content (AvgIpc) is 2.42. The van der Waals surface area contributed by atoms with Crippen LogP contribution in [0.15, 0.2) is 12.1 Å². The molecule has 0 atom stereocenters. The first-order valence-corrected chi connectivity index (χ1v) is 7.50. The SMILES string of the molecule is CCCc1nc(Cl)c(C)c(Nc2cc(Cl)c(F)c(Cl)c2)n1. The van der Waals surface area contributed by atoms with Crippen LogP contribution in [0.2, 0.25) is 15.2 Å². The molecule has 0 aliphatic carbocycles. The van der Waals surface area contributed by atoms with E-state index in [0.717, 1.165) is 12.8 Å². The highest BCUT2D eigenvalue weighted by Crippen LogP contribution is 2.30. The van der Waals surface area contributed by atoms with Gasteiger partial charge in [-0.25, -0.2) is 14.4 Å². The highest BCUT2D eigenvalue weighted by Gasteiger charge is 2.12. The Morgan fingerprint density at radius 1 is 1.14 bits per heavy atom. The molecule has 0 aliphatic rings. The van der Waals surface area contributed by atoms with Crippen molar-refractivity contribution in [1.29, 1.82) is 0 Å². The molecule has 0 fully saturated rings. The summed E-state index contributed by atoms with van der Waals surface area (Å²) in [4.78, 5) is 8.63. The molecule has 2 aromatic rings. The number of nitrogens with one attached hydrogen (secondary N) is 1. The lowest BCUT2D eigenvalue weighted by molar-refractivity contribution is 0.629. The fraction of sp³-hybridized carbons (Fsp3) is 0.286. The van der Waals surface area contributed by atoms with Crippen molar-refractivity contribution in [1.82, 2.24) is 9.97 Å². The molecule has 0 aliphatic heterocycles. The van der Waals surface area contributed by atoms with Gasteiger partial charge in [-0.15, -0.1) is 0 Å². The molecule has 3 nitrogen and oxygen atoms in total. The fourth-order valence-corrected chi connectivity index (χ4v) is 2.43. The molecule has 7 heteroatoms. The van der Waals surface area contributed by atoms with Gasteiger partial charge in [-0.2, -0.15) is 0 Å². The number of halogens is 4. The third kappa shape index (κ3) is 3.76. The van der Waals surface area contributed by atoms with E-state index < -0.39 is 5.82 Å². The van der Waals surface area contributed by atoms with Crippen LogP contribution in [0, 0.1) is 12.7 Å². The minimum atomic E-state index is -0.645. The zero-order chi connectivity index (χ0) is 15.6. The van der Waals surface area contributed by atoms with E-state index in [0.29, 0.717) is 28.0 Å². The third-order valence-corrected chi connectivity index (χ3v) is 3.77. The van der Waals surface area contributed by atoms with Gasteiger partial charge in [-0.1, -0.05) is 41.7 Å². The second-order valence-electron chi connectivity index (χ2n) is 4.53. The summed E-state index contributed by atoms with van der Waals surface area (Å²) in [5.74, 6) is 0.556. The predicted octanol–water partition coefficient (Wildman–Crippen LogP) is 5.58. The largest absolute Gasteiger partial charge is 0.340 e. The summed E-state index contributed by atoms with van der Waals surface area (Å²) in [5.41, 5.74) is 1.24. The lowest BCUT2D eigenvalue weighted by Gasteiger charge is -2.12. The van der Waals surface area contributed by atoms with Gasteiger partial charge < -0.3 is 5.32 Å². The molecule has 0 spiro atoms. The van der Waals surface area contributed by atoms with Gasteiger partial charge in [0.05, 0.1) is 10.0 Å². The fourth-order valence-electron chi connectivity index (χ4n) is 1.75. The Bertz CT molecular complexity index is 654. The van der Waals surface area contributed by atoms with E-state index in [2.05, 4.69) is 15.3 Å². The van der Waals surface area contributed by atoms with Crippen LogP contribution in [0.1, 0.15) is 24.7 Å². The highest BCUT2D eigenvalue weighted by atomic mass is 35.5. The van der Waals surface area contributed by atoms with Crippen LogP contribution in [0.5, 0.6) is 0 Å². The van der Waals surface area contributed by atoms with Crippen LogP contribution in [-0.4, -0.2) is 9.97 Å². The number of anilines is 2. The maximum Gasteiger partial charge on any atom is 0.160 e. The Morgan fingerprint density at radius 2 is 1.76 bits per heavy atom. The molecule has 112 valence electrons. The Kier molecular flexibility index (Phi) is 5.25. The number of nitrogens with zero attached hydrogens (tertiary/aromatic N) is 2. The van der Waals surface area contributed by atoms with Crippen molar-refractivity contribution in [2.24, 2.45) is 0 Å². The van der Waals surface area contributed by atoms with Crippen molar-refractivity contribution < 1.29 is 4.39 Å². The number of rotatable bonds is 4.